The maximum absolute atomic E-state index is 12.0. The molecule has 0 spiro atoms. The Morgan fingerprint density at radius 2 is 1.60 bits per heavy atom. The number of carbonyl (C=O) groups is 2. The Balaban J connectivity index is 1.53. The van der Waals surface area contributed by atoms with Gasteiger partial charge in [0.2, 0.25) is 0 Å². The second kappa shape index (κ2) is 12.1. The quantitative estimate of drug-likeness (QED) is 0.0985. The molecule has 10 heteroatoms. The van der Waals surface area contributed by atoms with Crippen LogP contribution in [0, 0.1) is 0 Å². The molecule has 220 valence electrons. The number of carboxylic acids is 2. The number of benzene rings is 2. The van der Waals surface area contributed by atoms with E-state index in [0.29, 0.717) is 17.5 Å². The van der Waals surface area contributed by atoms with Crippen LogP contribution in [0.1, 0.15) is 97.7 Å². The Morgan fingerprint density at radius 1 is 0.952 bits per heavy atom. The van der Waals surface area contributed by atoms with Crippen LogP contribution in [0.4, 0.5) is 0 Å². The second-order valence-electron chi connectivity index (χ2n) is 11.1. The van der Waals surface area contributed by atoms with Crippen molar-refractivity contribution >= 4 is 46.1 Å². The molecule has 0 radical (unpaired) electrons. The standard InChI is InChI=1S/C32H35N3O6S/c1-4-5-6-7-12-35-25-15-21-13-20(28(32(38)39)18(3)34-41)9-11-24(21)30(25)42-26-16-22-14-19(8-10-23(22)29(26)35)27(31(36)37)17(2)33-40/h8-11,13-14,16,27-29,40-41H,4-7,12,15H2,1-3H3,(H,36,37)(H,38,39). The summed E-state index contributed by atoms with van der Waals surface area (Å²) in [6.45, 7) is 6.07. The average Bonchev–Trinajstić information content (AvgIpc) is 3.51. The van der Waals surface area contributed by atoms with Gasteiger partial charge in [-0.05, 0) is 59.7 Å². The lowest BCUT2D eigenvalue weighted by molar-refractivity contribution is -0.138. The van der Waals surface area contributed by atoms with E-state index in [4.69, 9.17) is 0 Å². The molecule has 2 aliphatic carbocycles. The highest BCUT2D eigenvalue weighted by Crippen LogP contribution is 2.58. The Kier molecular flexibility index (Phi) is 8.45. The molecule has 3 unspecified atom stereocenters. The molecule has 9 nitrogen and oxygen atoms in total. The van der Waals surface area contributed by atoms with Crippen molar-refractivity contribution in [3.05, 3.63) is 80.4 Å². The number of carboxylic acid groups (broad SMARTS) is 2. The molecule has 3 atom stereocenters. The number of unbranched alkanes of at least 4 members (excludes halogenated alkanes) is 3. The van der Waals surface area contributed by atoms with E-state index in [-0.39, 0.29) is 17.5 Å². The number of hydrogen-bond donors (Lipinski definition) is 4. The predicted octanol–water partition coefficient (Wildman–Crippen LogP) is 6.67. The average molecular weight is 590 g/mol. The molecule has 3 aliphatic rings. The van der Waals surface area contributed by atoms with Crippen LogP contribution >= 0.6 is 11.8 Å². The van der Waals surface area contributed by atoms with E-state index in [1.165, 1.54) is 24.4 Å². The van der Waals surface area contributed by atoms with Crippen LogP contribution in [-0.4, -0.2) is 55.4 Å². The summed E-state index contributed by atoms with van der Waals surface area (Å²) in [6.07, 6.45) is 7.27. The van der Waals surface area contributed by atoms with Crippen molar-refractivity contribution in [1.82, 2.24) is 4.90 Å². The first-order chi connectivity index (χ1) is 20.2. The van der Waals surface area contributed by atoms with Crippen molar-refractivity contribution in [3.8, 4) is 0 Å². The highest BCUT2D eigenvalue weighted by molar-refractivity contribution is 8.12. The third-order valence-electron chi connectivity index (χ3n) is 8.41. The molecule has 0 aromatic heterocycles. The fourth-order valence-electron chi connectivity index (χ4n) is 6.35. The SMILES string of the molecule is CCCCCCN1C2=C(SC3=Cc4cc(C(C(=O)O)C(C)=NO)ccc4C31)c1ccc(C(C(=O)O)C(C)=NO)cc1C2. The molecular formula is C32H35N3O6S. The van der Waals surface area contributed by atoms with Crippen LogP contribution in [0.25, 0.3) is 11.0 Å². The monoisotopic (exact) mass is 589 g/mol. The van der Waals surface area contributed by atoms with Gasteiger partial charge in [0, 0.05) is 28.5 Å². The van der Waals surface area contributed by atoms with Gasteiger partial charge in [0.1, 0.15) is 11.8 Å². The number of thioether (sulfide) groups is 1. The lowest BCUT2D eigenvalue weighted by atomic mass is 9.91. The molecule has 0 saturated heterocycles. The van der Waals surface area contributed by atoms with Crippen LogP contribution in [0.2, 0.25) is 0 Å². The third-order valence-corrected chi connectivity index (χ3v) is 9.65. The van der Waals surface area contributed by atoms with Crippen LogP contribution in [0.3, 0.4) is 0 Å². The van der Waals surface area contributed by atoms with Crippen LogP contribution in [0.5, 0.6) is 0 Å². The molecule has 0 saturated carbocycles. The number of allylic oxidation sites excluding steroid dienone is 1. The van der Waals surface area contributed by atoms with Crippen molar-refractivity contribution in [1.29, 1.82) is 0 Å². The Morgan fingerprint density at radius 3 is 2.21 bits per heavy atom. The minimum atomic E-state index is -1.07. The van der Waals surface area contributed by atoms with Crippen LogP contribution in [0.15, 0.2) is 57.3 Å². The maximum atomic E-state index is 12.0. The van der Waals surface area contributed by atoms with Crippen molar-refractivity contribution in [2.45, 2.75) is 70.8 Å². The first-order valence-electron chi connectivity index (χ1n) is 14.2. The summed E-state index contributed by atoms with van der Waals surface area (Å²) in [7, 11) is 0. The Bertz CT molecular complexity index is 1560. The first-order valence-corrected chi connectivity index (χ1v) is 15.0. The summed E-state index contributed by atoms with van der Waals surface area (Å²) in [5.74, 6) is -4.18. The summed E-state index contributed by atoms with van der Waals surface area (Å²) in [6, 6.07) is 11.4. The van der Waals surface area contributed by atoms with Crippen molar-refractivity contribution < 1.29 is 30.2 Å². The van der Waals surface area contributed by atoms with Gasteiger partial charge in [-0.25, -0.2) is 0 Å². The highest BCUT2D eigenvalue weighted by atomic mass is 32.2. The number of oxime groups is 2. The molecule has 0 fully saturated rings. The number of rotatable bonds is 11. The third kappa shape index (κ3) is 5.19. The summed E-state index contributed by atoms with van der Waals surface area (Å²) >= 11 is 1.72. The first kappa shape index (κ1) is 29.4. The zero-order chi connectivity index (χ0) is 30.1. The largest absolute Gasteiger partial charge is 0.480 e. The number of aliphatic carboxylic acids is 2. The van der Waals surface area contributed by atoms with Gasteiger partial charge in [0.15, 0.2) is 0 Å². The van der Waals surface area contributed by atoms with E-state index in [9.17, 15) is 30.2 Å². The highest BCUT2D eigenvalue weighted by Gasteiger charge is 2.41. The number of fused-ring (bicyclic) bond motifs is 5. The van der Waals surface area contributed by atoms with Gasteiger partial charge in [0.05, 0.1) is 17.5 Å². The Labute approximate surface area is 248 Å². The van der Waals surface area contributed by atoms with Crippen molar-refractivity contribution in [2.24, 2.45) is 10.3 Å². The molecule has 1 aliphatic heterocycles. The molecule has 42 heavy (non-hydrogen) atoms. The molecule has 0 amide bonds. The summed E-state index contributed by atoms with van der Waals surface area (Å²) < 4.78 is 0. The minimum absolute atomic E-state index is 0.0135. The van der Waals surface area contributed by atoms with Gasteiger partial charge in [0.25, 0.3) is 0 Å². The van der Waals surface area contributed by atoms with E-state index in [1.54, 1.807) is 11.8 Å². The van der Waals surface area contributed by atoms with E-state index in [0.717, 1.165) is 59.4 Å². The zero-order valence-electron chi connectivity index (χ0n) is 23.9. The smallest absolute Gasteiger partial charge is 0.316 e. The normalized spacial score (nSPS) is 19.1. The van der Waals surface area contributed by atoms with E-state index >= 15 is 0 Å². The topological polar surface area (TPSA) is 143 Å². The lowest BCUT2D eigenvalue weighted by Gasteiger charge is -2.39. The molecule has 2 aromatic carbocycles. The van der Waals surface area contributed by atoms with Crippen LogP contribution in [-0.2, 0) is 16.0 Å². The lowest BCUT2D eigenvalue weighted by Crippen LogP contribution is -2.31. The molecule has 2 aromatic rings. The summed E-state index contributed by atoms with van der Waals surface area (Å²) in [5.41, 5.74) is 6.84. The maximum Gasteiger partial charge on any atom is 0.316 e. The van der Waals surface area contributed by atoms with Gasteiger partial charge in [-0.2, -0.15) is 0 Å². The van der Waals surface area contributed by atoms with Gasteiger partial charge in [-0.1, -0.05) is 84.7 Å². The van der Waals surface area contributed by atoms with Gasteiger partial charge in [-0.3, -0.25) is 9.59 Å². The van der Waals surface area contributed by atoms with Crippen molar-refractivity contribution in [2.75, 3.05) is 6.54 Å². The van der Waals surface area contributed by atoms with Crippen molar-refractivity contribution in [3.63, 3.8) is 0 Å². The van der Waals surface area contributed by atoms with Crippen LogP contribution < -0.4 is 0 Å². The fourth-order valence-corrected chi connectivity index (χ4v) is 7.75. The minimum Gasteiger partial charge on any atom is -0.480 e. The van der Waals surface area contributed by atoms with Gasteiger partial charge >= 0.3 is 11.9 Å². The molecule has 5 rings (SSSR count). The summed E-state index contributed by atoms with van der Waals surface area (Å²) in [5, 5.41) is 44.5. The van der Waals surface area contributed by atoms with E-state index in [2.05, 4.69) is 28.2 Å². The van der Waals surface area contributed by atoms with E-state index in [1.807, 2.05) is 36.4 Å². The predicted molar refractivity (Wildman–Crippen MR) is 163 cm³/mol. The fraction of sp³-hybridized carbons (Fsp3) is 0.375. The van der Waals surface area contributed by atoms with E-state index < -0.39 is 23.8 Å². The second-order valence-corrected chi connectivity index (χ2v) is 12.2. The van der Waals surface area contributed by atoms with Gasteiger partial charge in [-0.15, -0.1) is 0 Å². The zero-order valence-corrected chi connectivity index (χ0v) is 24.7. The molecular weight excluding hydrogens is 554 g/mol. The number of hydrogen-bond acceptors (Lipinski definition) is 8. The van der Waals surface area contributed by atoms with Gasteiger partial charge < -0.3 is 25.5 Å². The molecule has 4 N–H and O–H groups in total. The number of nitrogens with zero attached hydrogens (tertiary/aromatic N) is 3. The summed E-state index contributed by atoms with van der Waals surface area (Å²) in [4.78, 5) is 28.8. The Hall–Kier alpha value is -4.05. The molecule has 1 heterocycles. The molecule has 0 bridgehead atoms.